The Morgan fingerprint density at radius 2 is 1.33 bits per heavy atom. The van der Waals surface area contributed by atoms with E-state index in [1.165, 1.54) is 12.1 Å². The van der Waals surface area contributed by atoms with Gasteiger partial charge in [0.1, 0.15) is 22.7 Å². The zero-order valence-electron chi connectivity index (χ0n) is 20.8. The van der Waals surface area contributed by atoms with Crippen LogP contribution in [0.5, 0.6) is 11.5 Å². The molecule has 0 unspecified atom stereocenters. The van der Waals surface area contributed by atoms with Crippen LogP contribution in [0, 0.1) is 5.92 Å². The van der Waals surface area contributed by atoms with Crippen molar-refractivity contribution in [2.75, 3.05) is 14.2 Å². The van der Waals surface area contributed by atoms with E-state index in [1.807, 2.05) is 31.2 Å². The van der Waals surface area contributed by atoms with Gasteiger partial charge in [0.25, 0.3) is 0 Å². The van der Waals surface area contributed by atoms with Crippen LogP contribution < -0.4 is 20.7 Å². The molecule has 5 rings (SSSR count). The van der Waals surface area contributed by atoms with Crippen molar-refractivity contribution in [1.29, 1.82) is 0 Å². The van der Waals surface area contributed by atoms with E-state index < -0.39 is 11.3 Å². The van der Waals surface area contributed by atoms with Crippen molar-refractivity contribution in [1.82, 2.24) is 0 Å². The Kier molecular flexibility index (Phi) is 6.04. The third kappa shape index (κ3) is 3.92. The van der Waals surface area contributed by atoms with Crippen molar-refractivity contribution >= 4 is 21.9 Å². The maximum absolute atomic E-state index is 12.3. The van der Waals surface area contributed by atoms with Gasteiger partial charge in [-0.1, -0.05) is 23.8 Å². The smallest absolute Gasteiger partial charge is 0.336 e. The molecule has 2 heterocycles. The minimum absolute atomic E-state index is 0.114. The number of hydrogen-bond donors (Lipinski definition) is 0. The normalized spacial score (nSPS) is 19.8. The van der Waals surface area contributed by atoms with Crippen molar-refractivity contribution in [3.8, 4) is 11.5 Å². The lowest BCUT2D eigenvalue weighted by atomic mass is 9.65. The van der Waals surface area contributed by atoms with Gasteiger partial charge >= 0.3 is 11.3 Å². The summed E-state index contributed by atoms with van der Waals surface area (Å²) in [6.45, 7) is 8.45. The SMILES string of the molecule is C=C(C)[C@@H]1[C@@H](c2c(OC)ccc3ccc(=O)oc23)C=C(C)C[C@H]1c1c(OC)ccc2ccc(=O)oc12. The second-order valence-electron chi connectivity index (χ2n) is 9.43. The zero-order valence-corrected chi connectivity index (χ0v) is 20.8. The topological polar surface area (TPSA) is 78.9 Å². The second-order valence-corrected chi connectivity index (χ2v) is 9.43. The highest BCUT2D eigenvalue weighted by Gasteiger charge is 2.40. The summed E-state index contributed by atoms with van der Waals surface area (Å²) in [5.41, 5.74) is 3.91. The predicted octanol–water partition coefficient (Wildman–Crippen LogP) is 6.33. The number of methoxy groups -OCH3 is 2. The van der Waals surface area contributed by atoms with Gasteiger partial charge in [0, 0.05) is 45.9 Å². The number of ether oxygens (including phenoxy) is 2. The Morgan fingerprint density at radius 1 is 0.833 bits per heavy atom. The molecule has 4 aromatic rings. The number of hydrogen-bond acceptors (Lipinski definition) is 6. The first kappa shape index (κ1) is 23.7. The highest BCUT2D eigenvalue weighted by Crippen LogP contribution is 2.53. The van der Waals surface area contributed by atoms with Gasteiger partial charge < -0.3 is 18.3 Å². The summed E-state index contributed by atoms with van der Waals surface area (Å²) in [4.78, 5) is 24.5. The van der Waals surface area contributed by atoms with E-state index in [-0.39, 0.29) is 17.8 Å². The summed E-state index contributed by atoms with van der Waals surface area (Å²) >= 11 is 0. The molecule has 0 fully saturated rings. The average molecular weight is 485 g/mol. The molecule has 0 radical (unpaired) electrons. The lowest BCUT2D eigenvalue weighted by Crippen LogP contribution is -2.26. The standard InChI is InChI=1S/C30H28O6/c1-16(2)26-20(27-22(33-4)10-6-18-8-12-24(31)35-29(18)27)14-17(3)15-21(26)28-23(34-5)11-7-19-9-13-25(32)36-30(19)28/h6-14,20-21,26H,1,15H2,2-5H3/t20-,21+,26+/m0/s1. The van der Waals surface area contributed by atoms with Gasteiger partial charge in [0.2, 0.25) is 0 Å². The Hall–Kier alpha value is -4.06. The zero-order chi connectivity index (χ0) is 25.6. The van der Waals surface area contributed by atoms with E-state index in [0.29, 0.717) is 22.7 Å². The third-order valence-corrected chi connectivity index (χ3v) is 7.12. The van der Waals surface area contributed by atoms with Gasteiger partial charge in [0.15, 0.2) is 0 Å². The van der Waals surface area contributed by atoms with Crippen LogP contribution in [0.15, 0.2) is 90.8 Å². The van der Waals surface area contributed by atoms with Crippen molar-refractivity contribution in [3.63, 3.8) is 0 Å². The predicted molar refractivity (Wildman–Crippen MR) is 140 cm³/mol. The van der Waals surface area contributed by atoms with E-state index in [1.54, 1.807) is 26.4 Å². The molecule has 0 spiro atoms. The summed E-state index contributed by atoms with van der Waals surface area (Å²) in [5.74, 6) is 0.842. The first-order valence-electron chi connectivity index (χ1n) is 11.9. The van der Waals surface area contributed by atoms with Crippen LogP contribution >= 0.6 is 0 Å². The molecule has 6 nitrogen and oxygen atoms in total. The van der Waals surface area contributed by atoms with Crippen molar-refractivity contribution < 1.29 is 18.3 Å². The van der Waals surface area contributed by atoms with Gasteiger partial charge in [-0.25, -0.2) is 9.59 Å². The van der Waals surface area contributed by atoms with Gasteiger partial charge in [-0.05, 0) is 62.6 Å². The van der Waals surface area contributed by atoms with Gasteiger partial charge in [-0.3, -0.25) is 0 Å². The molecular formula is C30H28O6. The summed E-state index contributed by atoms with van der Waals surface area (Å²) in [6, 6.07) is 14.0. The molecule has 3 atom stereocenters. The third-order valence-electron chi connectivity index (χ3n) is 7.12. The lowest BCUT2D eigenvalue weighted by molar-refractivity contribution is 0.363. The minimum atomic E-state index is -0.422. The van der Waals surface area contributed by atoms with Crippen LogP contribution in [-0.2, 0) is 0 Å². The van der Waals surface area contributed by atoms with Gasteiger partial charge in [0.05, 0.1) is 14.2 Å². The highest BCUT2D eigenvalue weighted by molar-refractivity contribution is 5.85. The van der Waals surface area contributed by atoms with E-state index in [2.05, 4.69) is 19.6 Å². The molecule has 0 saturated carbocycles. The summed E-state index contributed by atoms with van der Waals surface area (Å²) in [7, 11) is 3.23. The van der Waals surface area contributed by atoms with Crippen LogP contribution in [0.1, 0.15) is 43.2 Å². The molecule has 2 aromatic carbocycles. The van der Waals surface area contributed by atoms with Crippen LogP contribution in [0.25, 0.3) is 21.9 Å². The monoisotopic (exact) mass is 484 g/mol. The number of allylic oxidation sites excluding steroid dienone is 3. The lowest BCUT2D eigenvalue weighted by Gasteiger charge is -2.39. The van der Waals surface area contributed by atoms with Crippen LogP contribution in [0.2, 0.25) is 0 Å². The van der Waals surface area contributed by atoms with E-state index in [4.69, 9.17) is 18.3 Å². The molecule has 0 N–H and O–H groups in total. The summed E-state index contributed by atoms with van der Waals surface area (Å²) < 4.78 is 23.1. The van der Waals surface area contributed by atoms with Crippen molar-refractivity contribution in [3.05, 3.63) is 104 Å². The Morgan fingerprint density at radius 3 is 1.86 bits per heavy atom. The number of rotatable bonds is 5. The molecule has 2 aromatic heterocycles. The van der Waals surface area contributed by atoms with E-state index in [9.17, 15) is 9.59 Å². The fraction of sp³-hybridized carbons (Fsp3) is 0.267. The first-order chi connectivity index (χ1) is 17.3. The molecule has 0 bridgehead atoms. The van der Waals surface area contributed by atoms with E-state index >= 15 is 0 Å². The molecule has 0 saturated heterocycles. The fourth-order valence-corrected chi connectivity index (χ4v) is 5.69. The quantitative estimate of drug-likeness (QED) is 0.243. The number of benzene rings is 2. The fourth-order valence-electron chi connectivity index (χ4n) is 5.69. The maximum atomic E-state index is 12.3. The van der Waals surface area contributed by atoms with Crippen LogP contribution in [0.4, 0.5) is 0 Å². The molecule has 0 amide bonds. The molecule has 1 aliphatic rings. The van der Waals surface area contributed by atoms with E-state index in [0.717, 1.165) is 39.5 Å². The molecule has 1 aliphatic carbocycles. The largest absolute Gasteiger partial charge is 0.496 e. The highest BCUT2D eigenvalue weighted by atomic mass is 16.5. The molecule has 6 heteroatoms. The Bertz CT molecular complexity index is 1640. The Labute approximate surface area is 208 Å². The summed E-state index contributed by atoms with van der Waals surface area (Å²) in [5, 5.41) is 1.64. The number of fused-ring (bicyclic) bond motifs is 2. The summed E-state index contributed by atoms with van der Waals surface area (Å²) in [6.07, 6.45) is 2.92. The molecule has 0 aliphatic heterocycles. The average Bonchev–Trinajstić information content (AvgIpc) is 2.86. The van der Waals surface area contributed by atoms with Crippen LogP contribution in [-0.4, -0.2) is 14.2 Å². The maximum Gasteiger partial charge on any atom is 0.336 e. The first-order valence-corrected chi connectivity index (χ1v) is 11.9. The second kappa shape index (κ2) is 9.19. The Balaban J connectivity index is 1.82. The van der Waals surface area contributed by atoms with Gasteiger partial charge in [-0.15, -0.1) is 0 Å². The molecule has 36 heavy (non-hydrogen) atoms. The van der Waals surface area contributed by atoms with Crippen molar-refractivity contribution in [2.45, 2.75) is 32.1 Å². The van der Waals surface area contributed by atoms with Gasteiger partial charge in [-0.2, -0.15) is 0 Å². The molecular weight excluding hydrogens is 456 g/mol. The minimum Gasteiger partial charge on any atom is -0.496 e. The van der Waals surface area contributed by atoms with Crippen LogP contribution in [0.3, 0.4) is 0 Å². The van der Waals surface area contributed by atoms with Crippen molar-refractivity contribution in [2.24, 2.45) is 5.92 Å². The molecule has 184 valence electrons.